The van der Waals surface area contributed by atoms with Gasteiger partial charge in [-0.3, -0.25) is 5.41 Å². The normalized spacial score (nSPS) is 7.33. The maximum Gasteiger partial charge on any atom is 0.195 e. The second-order valence-electron chi connectivity index (χ2n) is 1.34. The predicted molar refractivity (Wildman–Crippen MR) is 36.2 cm³/mol. The third-order valence-electron chi connectivity index (χ3n) is 0.681. The van der Waals surface area contributed by atoms with E-state index < -0.39 is 0 Å². The number of nitrogens with one attached hydrogen (secondary N) is 1. The highest BCUT2D eigenvalue weighted by molar-refractivity contribution is 5.74. The molecule has 0 aliphatic carbocycles. The lowest BCUT2D eigenvalue weighted by Gasteiger charge is -1.97. The Labute approximate surface area is 54.7 Å². The fourth-order valence-corrected chi connectivity index (χ4v) is 0.254. The molecule has 0 aliphatic rings. The minimum atomic E-state index is 0.0813. The van der Waals surface area contributed by atoms with Crippen LogP contribution in [0.1, 0.15) is 6.92 Å². The molecule has 0 heterocycles. The van der Waals surface area contributed by atoms with Crippen LogP contribution in [0.15, 0.2) is 0 Å². The van der Waals surface area contributed by atoms with E-state index in [0.29, 0.717) is 0 Å². The maximum atomic E-state index is 6.90. The van der Waals surface area contributed by atoms with Crippen molar-refractivity contribution in [3.63, 3.8) is 0 Å². The van der Waals surface area contributed by atoms with Crippen LogP contribution < -0.4 is 5.73 Å². The maximum absolute atomic E-state index is 6.90. The van der Waals surface area contributed by atoms with Crippen LogP contribution in [0.25, 0.3) is 0 Å². The third kappa shape index (κ3) is 4.85. The van der Waals surface area contributed by atoms with Gasteiger partial charge in [0.1, 0.15) is 0 Å². The Morgan fingerprint density at radius 2 is 2.44 bits per heavy atom. The molecule has 0 unspecified atom stereocenters. The summed E-state index contributed by atoms with van der Waals surface area (Å²) >= 11 is 0. The first-order chi connectivity index (χ1) is 4.31. The molecule has 0 aromatic rings. The van der Waals surface area contributed by atoms with Gasteiger partial charge in [-0.25, -0.2) is 0 Å². The van der Waals surface area contributed by atoms with Crippen molar-refractivity contribution in [1.29, 1.82) is 5.41 Å². The number of nitrogens with two attached hydrogens (primary N) is 1. The topological polar surface area (TPSA) is 59.1 Å². The summed E-state index contributed by atoms with van der Waals surface area (Å²) in [6.07, 6.45) is 0. The molecule has 3 N–H and O–H groups in total. The van der Waals surface area contributed by atoms with Crippen LogP contribution in [0.2, 0.25) is 0 Å². The molecular formula is C6H10N2O. The van der Waals surface area contributed by atoms with Crippen molar-refractivity contribution in [2.24, 2.45) is 5.73 Å². The van der Waals surface area contributed by atoms with Crippen LogP contribution >= 0.6 is 0 Å². The molecule has 0 fully saturated rings. The minimum Gasteiger partial charge on any atom is -0.467 e. The average molecular weight is 126 g/mol. The van der Waals surface area contributed by atoms with Crippen molar-refractivity contribution in [2.75, 3.05) is 13.2 Å². The standard InChI is InChI=1S/C6H10N2O/c1-2-3-4-9-6(8)5-7/h8H,4-5,7H2,1H3. The van der Waals surface area contributed by atoms with Crippen LogP contribution in [0.5, 0.6) is 0 Å². The molecule has 0 radical (unpaired) electrons. The van der Waals surface area contributed by atoms with Crippen molar-refractivity contribution < 1.29 is 4.74 Å². The molecular weight excluding hydrogens is 116 g/mol. The second-order valence-corrected chi connectivity index (χ2v) is 1.34. The van der Waals surface area contributed by atoms with Gasteiger partial charge in [-0.1, -0.05) is 5.92 Å². The summed E-state index contributed by atoms with van der Waals surface area (Å²) in [5.74, 6) is 5.36. The van der Waals surface area contributed by atoms with Gasteiger partial charge >= 0.3 is 0 Å². The molecule has 0 amide bonds. The Bertz CT molecular complexity index is 143. The van der Waals surface area contributed by atoms with E-state index in [0.717, 1.165) is 0 Å². The molecule has 0 atom stereocenters. The molecule has 0 saturated heterocycles. The van der Waals surface area contributed by atoms with Gasteiger partial charge in [-0.2, -0.15) is 0 Å². The van der Waals surface area contributed by atoms with E-state index in [1.807, 2.05) is 0 Å². The lowest BCUT2D eigenvalue weighted by atomic mass is 10.6. The molecule has 3 heteroatoms. The highest BCUT2D eigenvalue weighted by atomic mass is 16.5. The Morgan fingerprint density at radius 1 is 1.78 bits per heavy atom. The van der Waals surface area contributed by atoms with Crippen LogP contribution in [0.3, 0.4) is 0 Å². The summed E-state index contributed by atoms with van der Waals surface area (Å²) in [5.41, 5.74) is 5.06. The van der Waals surface area contributed by atoms with E-state index in [4.69, 9.17) is 15.9 Å². The molecule has 0 aromatic carbocycles. The van der Waals surface area contributed by atoms with Crippen LogP contribution in [-0.2, 0) is 4.74 Å². The molecule has 50 valence electrons. The lowest BCUT2D eigenvalue weighted by molar-refractivity contribution is 0.348. The first-order valence-electron chi connectivity index (χ1n) is 2.61. The van der Waals surface area contributed by atoms with E-state index in [-0.39, 0.29) is 19.0 Å². The van der Waals surface area contributed by atoms with Gasteiger partial charge in [0.15, 0.2) is 12.5 Å². The fourth-order valence-electron chi connectivity index (χ4n) is 0.254. The summed E-state index contributed by atoms with van der Waals surface area (Å²) in [6.45, 7) is 2.13. The molecule has 0 rings (SSSR count). The molecule has 9 heavy (non-hydrogen) atoms. The molecule has 3 nitrogen and oxygen atoms in total. The van der Waals surface area contributed by atoms with Gasteiger partial charge in [-0.05, 0) is 6.92 Å². The zero-order chi connectivity index (χ0) is 7.11. The van der Waals surface area contributed by atoms with E-state index >= 15 is 0 Å². The Kier molecular flexibility index (Phi) is 4.56. The number of rotatable bonds is 2. The van der Waals surface area contributed by atoms with Crippen molar-refractivity contribution >= 4 is 5.90 Å². The van der Waals surface area contributed by atoms with E-state index in [1.165, 1.54) is 0 Å². The summed E-state index contributed by atoms with van der Waals surface area (Å²) in [6, 6.07) is 0. The van der Waals surface area contributed by atoms with Gasteiger partial charge in [0, 0.05) is 0 Å². The van der Waals surface area contributed by atoms with Gasteiger partial charge in [0.25, 0.3) is 0 Å². The lowest BCUT2D eigenvalue weighted by Crippen LogP contribution is -2.15. The molecule has 0 bridgehead atoms. The smallest absolute Gasteiger partial charge is 0.195 e. The highest BCUT2D eigenvalue weighted by Crippen LogP contribution is 1.72. The van der Waals surface area contributed by atoms with E-state index in [2.05, 4.69) is 11.8 Å². The largest absolute Gasteiger partial charge is 0.467 e. The molecule has 0 saturated carbocycles. The van der Waals surface area contributed by atoms with Crippen LogP contribution in [0, 0.1) is 17.3 Å². The fraction of sp³-hybridized carbons (Fsp3) is 0.500. The zero-order valence-corrected chi connectivity index (χ0v) is 5.40. The van der Waals surface area contributed by atoms with Crippen molar-refractivity contribution in [2.45, 2.75) is 6.92 Å². The van der Waals surface area contributed by atoms with E-state index in [1.54, 1.807) is 6.92 Å². The summed E-state index contributed by atoms with van der Waals surface area (Å²) in [7, 11) is 0. The number of hydrogen-bond acceptors (Lipinski definition) is 3. The minimum absolute atomic E-state index is 0.0813. The first kappa shape index (κ1) is 7.99. The number of ether oxygens (including phenoxy) is 1. The molecule has 0 spiro atoms. The Morgan fingerprint density at radius 3 is 2.89 bits per heavy atom. The monoisotopic (exact) mass is 126 g/mol. The Balaban J connectivity index is 3.24. The average Bonchev–Trinajstić information content (AvgIpc) is 1.89. The van der Waals surface area contributed by atoms with Crippen molar-refractivity contribution in [3.8, 4) is 11.8 Å². The van der Waals surface area contributed by atoms with Gasteiger partial charge in [0.2, 0.25) is 0 Å². The van der Waals surface area contributed by atoms with Crippen molar-refractivity contribution in [1.82, 2.24) is 0 Å². The Hall–Kier alpha value is -1.01. The molecule has 0 aliphatic heterocycles. The predicted octanol–water partition coefficient (Wildman–Crippen LogP) is -0.0377. The van der Waals surface area contributed by atoms with Gasteiger partial charge in [0.05, 0.1) is 6.54 Å². The summed E-state index contributed by atoms with van der Waals surface area (Å²) in [5, 5.41) is 6.90. The molecule has 0 aromatic heterocycles. The SMILES string of the molecule is CC#CCOC(=N)CN. The van der Waals surface area contributed by atoms with Crippen LogP contribution in [0.4, 0.5) is 0 Å². The second kappa shape index (κ2) is 5.13. The van der Waals surface area contributed by atoms with Crippen LogP contribution in [-0.4, -0.2) is 19.0 Å². The first-order valence-corrected chi connectivity index (χ1v) is 2.61. The number of hydrogen-bond donors (Lipinski definition) is 2. The van der Waals surface area contributed by atoms with Gasteiger partial charge in [-0.15, -0.1) is 5.92 Å². The van der Waals surface area contributed by atoms with E-state index in [9.17, 15) is 0 Å². The third-order valence-corrected chi connectivity index (χ3v) is 0.681. The quantitative estimate of drug-likeness (QED) is 0.310. The zero-order valence-electron chi connectivity index (χ0n) is 5.40. The summed E-state index contributed by atoms with van der Waals surface area (Å²) in [4.78, 5) is 0. The highest BCUT2D eigenvalue weighted by Gasteiger charge is 1.87. The van der Waals surface area contributed by atoms with Gasteiger partial charge < -0.3 is 10.5 Å². The summed E-state index contributed by atoms with van der Waals surface area (Å²) < 4.78 is 4.72. The van der Waals surface area contributed by atoms with Crippen molar-refractivity contribution in [3.05, 3.63) is 0 Å².